The number of rotatable bonds is 2. The first kappa shape index (κ1) is 14.2. The number of hydrogen-bond acceptors (Lipinski definition) is 1. The summed E-state index contributed by atoms with van der Waals surface area (Å²) in [4.78, 5) is 12.4. The van der Waals surface area contributed by atoms with Gasteiger partial charge in [-0.05, 0) is 49.7 Å². The van der Waals surface area contributed by atoms with E-state index in [9.17, 15) is 13.6 Å². The third-order valence-electron chi connectivity index (χ3n) is 4.50. The molecule has 3 unspecified atom stereocenters. The van der Waals surface area contributed by atoms with Crippen LogP contribution < -0.4 is 0 Å². The average molecular weight is 266 g/mol. The van der Waals surface area contributed by atoms with Crippen molar-refractivity contribution in [3.05, 3.63) is 34.9 Å². The van der Waals surface area contributed by atoms with Gasteiger partial charge in [-0.25, -0.2) is 8.78 Å². The Hall–Kier alpha value is -1.25. The Balaban J connectivity index is 2.28. The molecular formula is C16H20F2O. The molecule has 1 aliphatic rings. The summed E-state index contributed by atoms with van der Waals surface area (Å²) in [5, 5.41) is 0. The molecule has 0 N–H and O–H groups in total. The van der Waals surface area contributed by atoms with Crippen molar-refractivity contribution in [1.82, 2.24) is 0 Å². The number of aryl methyl sites for hydroxylation is 1. The highest BCUT2D eigenvalue weighted by molar-refractivity contribution is 5.98. The molecule has 0 heterocycles. The smallest absolute Gasteiger partial charge is 0.171 e. The van der Waals surface area contributed by atoms with Crippen molar-refractivity contribution in [2.45, 2.75) is 40.0 Å². The Morgan fingerprint density at radius 3 is 2.47 bits per heavy atom. The molecule has 2 rings (SSSR count). The second-order valence-corrected chi connectivity index (χ2v) is 5.88. The Morgan fingerprint density at radius 1 is 1.16 bits per heavy atom. The van der Waals surface area contributed by atoms with Crippen molar-refractivity contribution in [3.8, 4) is 0 Å². The molecular weight excluding hydrogens is 246 g/mol. The van der Waals surface area contributed by atoms with Crippen LogP contribution in [0.4, 0.5) is 8.78 Å². The SMILES string of the molecule is Cc1ccc(F)c(C(=O)C2CCC(C)C(C)C2)c1F. The van der Waals surface area contributed by atoms with Crippen LogP contribution in [0.3, 0.4) is 0 Å². The number of Topliss-reactive ketones (excluding diaryl/α,β-unsaturated/α-hetero) is 1. The standard InChI is InChI=1S/C16H20F2O/c1-9-4-6-12(8-11(9)3)16(19)14-13(17)7-5-10(2)15(14)18/h5,7,9,11-12H,4,6,8H2,1-3H3. The summed E-state index contributed by atoms with van der Waals surface area (Å²) >= 11 is 0. The highest BCUT2D eigenvalue weighted by Gasteiger charge is 2.32. The molecule has 0 bridgehead atoms. The van der Waals surface area contributed by atoms with Gasteiger partial charge in [-0.1, -0.05) is 19.9 Å². The van der Waals surface area contributed by atoms with E-state index >= 15 is 0 Å². The van der Waals surface area contributed by atoms with Crippen molar-refractivity contribution >= 4 is 5.78 Å². The highest BCUT2D eigenvalue weighted by Crippen LogP contribution is 2.35. The van der Waals surface area contributed by atoms with Crippen LogP contribution >= 0.6 is 0 Å². The maximum atomic E-state index is 14.0. The summed E-state index contributed by atoms with van der Waals surface area (Å²) < 4.78 is 27.7. The van der Waals surface area contributed by atoms with Gasteiger partial charge in [0.05, 0.1) is 5.56 Å². The molecule has 3 heteroatoms. The summed E-state index contributed by atoms with van der Waals surface area (Å²) in [6.07, 6.45) is 2.41. The van der Waals surface area contributed by atoms with Gasteiger partial charge < -0.3 is 0 Å². The maximum absolute atomic E-state index is 14.0. The molecule has 1 nitrogen and oxygen atoms in total. The number of carbonyl (C=O) groups is 1. The van der Waals surface area contributed by atoms with E-state index in [1.807, 2.05) is 0 Å². The molecule has 1 aromatic rings. The lowest BCUT2D eigenvalue weighted by Gasteiger charge is -2.31. The number of hydrogen-bond donors (Lipinski definition) is 0. The molecule has 0 radical (unpaired) electrons. The van der Waals surface area contributed by atoms with Crippen LogP contribution in [0.2, 0.25) is 0 Å². The molecule has 3 atom stereocenters. The minimum absolute atomic E-state index is 0.239. The van der Waals surface area contributed by atoms with E-state index < -0.39 is 11.6 Å². The first-order chi connectivity index (χ1) is 8.91. The lowest BCUT2D eigenvalue weighted by atomic mass is 9.73. The van der Waals surface area contributed by atoms with E-state index in [4.69, 9.17) is 0 Å². The quantitative estimate of drug-likeness (QED) is 0.719. The lowest BCUT2D eigenvalue weighted by Crippen LogP contribution is -2.27. The van der Waals surface area contributed by atoms with Gasteiger partial charge in [0, 0.05) is 5.92 Å². The average Bonchev–Trinajstić information content (AvgIpc) is 2.37. The fourth-order valence-electron chi connectivity index (χ4n) is 2.87. The largest absolute Gasteiger partial charge is 0.294 e. The minimum Gasteiger partial charge on any atom is -0.294 e. The van der Waals surface area contributed by atoms with Crippen LogP contribution in [0.15, 0.2) is 12.1 Å². The van der Waals surface area contributed by atoms with Crippen molar-refractivity contribution in [2.24, 2.45) is 17.8 Å². The Bertz CT molecular complexity index is 496. The van der Waals surface area contributed by atoms with E-state index in [1.54, 1.807) is 6.92 Å². The second kappa shape index (κ2) is 5.40. The van der Waals surface area contributed by atoms with Crippen LogP contribution in [0.25, 0.3) is 0 Å². The van der Waals surface area contributed by atoms with Crippen LogP contribution in [0.1, 0.15) is 49.0 Å². The molecule has 1 saturated carbocycles. The highest BCUT2D eigenvalue weighted by atomic mass is 19.1. The molecule has 0 saturated heterocycles. The molecule has 104 valence electrons. The number of halogens is 2. The van der Waals surface area contributed by atoms with Crippen LogP contribution in [0.5, 0.6) is 0 Å². The van der Waals surface area contributed by atoms with Crippen LogP contribution in [-0.4, -0.2) is 5.78 Å². The van der Waals surface area contributed by atoms with Crippen LogP contribution in [-0.2, 0) is 0 Å². The lowest BCUT2D eigenvalue weighted by molar-refractivity contribution is 0.0828. The Kier molecular flexibility index (Phi) is 4.02. The van der Waals surface area contributed by atoms with E-state index in [2.05, 4.69) is 13.8 Å². The van der Waals surface area contributed by atoms with Gasteiger partial charge in [0.1, 0.15) is 11.6 Å². The third kappa shape index (κ3) is 2.70. The monoisotopic (exact) mass is 266 g/mol. The Morgan fingerprint density at radius 2 is 1.84 bits per heavy atom. The van der Waals surface area contributed by atoms with Crippen molar-refractivity contribution in [2.75, 3.05) is 0 Å². The predicted octanol–water partition coefficient (Wildman–Crippen LogP) is 4.53. The number of benzene rings is 1. The maximum Gasteiger partial charge on any atom is 0.171 e. The molecule has 0 amide bonds. The normalized spacial score (nSPS) is 27.3. The zero-order chi connectivity index (χ0) is 14.2. The summed E-state index contributed by atoms with van der Waals surface area (Å²) in [6.45, 7) is 5.82. The van der Waals surface area contributed by atoms with Gasteiger partial charge in [0.25, 0.3) is 0 Å². The first-order valence-corrected chi connectivity index (χ1v) is 6.90. The molecule has 0 spiro atoms. The van der Waals surface area contributed by atoms with E-state index in [-0.39, 0.29) is 17.3 Å². The minimum atomic E-state index is -0.737. The van der Waals surface area contributed by atoms with Crippen molar-refractivity contribution in [1.29, 1.82) is 0 Å². The zero-order valence-electron chi connectivity index (χ0n) is 11.7. The fraction of sp³-hybridized carbons (Fsp3) is 0.562. The van der Waals surface area contributed by atoms with E-state index in [0.29, 0.717) is 17.4 Å². The summed E-state index contributed by atoms with van der Waals surface area (Å²) in [5.74, 6) is -1.03. The number of carbonyl (C=O) groups excluding carboxylic acids is 1. The van der Waals surface area contributed by atoms with Gasteiger partial charge in [0.2, 0.25) is 0 Å². The summed E-state index contributed by atoms with van der Waals surface area (Å²) in [7, 11) is 0. The molecule has 19 heavy (non-hydrogen) atoms. The summed E-state index contributed by atoms with van der Waals surface area (Å²) in [6, 6.07) is 2.55. The van der Waals surface area contributed by atoms with Crippen LogP contribution in [0, 0.1) is 36.3 Å². The topological polar surface area (TPSA) is 17.1 Å². The van der Waals surface area contributed by atoms with Gasteiger partial charge >= 0.3 is 0 Å². The van der Waals surface area contributed by atoms with Crippen molar-refractivity contribution in [3.63, 3.8) is 0 Å². The third-order valence-corrected chi connectivity index (χ3v) is 4.50. The Labute approximate surface area is 113 Å². The number of ketones is 1. The summed E-state index contributed by atoms with van der Waals surface area (Å²) in [5.41, 5.74) is -0.0197. The fourth-order valence-corrected chi connectivity index (χ4v) is 2.87. The van der Waals surface area contributed by atoms with Crippen molar-refractivity contribution < 1.29 is 13.6 Å². The van der Waals surface area contributed by atoms with E-state index in [0.717, 1.165) is 19.3 Å². The van der Waals surface area contributed by atoms with Gasteiger partial charge in [-0.3, -0.25) is 4.79 Å². The van der Waals surface area contributed by atoms with E-state index in [1.165, 1.54) is 12.1 Å². The molecule has 0 aliphatic heterocycles. The second-order valence-electron chi connectivity index (χ2n) is 5.88. The van der Waals surface area contributed by atoms with Gasteiger partial charge in [-0.2, -0.15) is 0 Å². The molecule has 1 aliphatic carbocycles. The van der Waals surface area contributed by atoms with Gasteiger partial charge in [0.15, 0.2) is 5.78 Å². The first-order valence-electron chi connectivity index (χ1n) is 6.90. The van der Waals surface area contributed by atoms with Gasteiger partial charge in [-0.15, -0.1) is 0 Å². The molecule has 1 fully saturated rings. The molecule has 1 aromatic carbocycles. The predicted molar refractivity (Wildman–Crippen MR) is 71.1 cm³/mol. The zero-order valence-corrected chi connectivity index (χ0v) is 11.7. The molecule has 0 aromatic heterocycles.